The molecule has 0 spiro atoms. The molecule has 1 fully saturated rings. The van der Waals surface area contributed by atoms with Crippen LogP contribution in [-0.2, 0) is 4.79 Å². The van der Waals surface area contributed by atoms with Crippen molar-refractivity contribution in [2.75, 3.05) is 27.1 Å². The molecule has 1 saturated heterocycles. The summed E-state index contributed by atoms with van der Waals surface area (Å²) in [5, 5.41) is 9.82. The van der Waals surface area contributed by atoms with Gasteiger partial charge in [-0.3, -0.25) is 4.79 Å². The van der Waals surface area contributed by atoms with Crippen molar-refractivity contribution in [3.63, 3.8) is 0 Å². The molecule has 1 amide bonds. The Kier molecular flexibility index (Phi) is 3.90. The number of aromatic hydroxyl groups is 1. The highest BCUT2D eigenvalue weighted by Gasteiger charge is 2.23. The van der Waals surface area contributed by atoms with E-state index in [9.17, 15) is 9.90 Å². The van der Waals surface area contributed by atoms with Gasteiger partial charge in [-0.05, 0) is 23.8 Å². The highest BCUT2D eigenvalue weighted by Crippen LogP contribution is 2.38. The van der Waals surface area contributed by atoms with Crippen molar-refractivity contribution < 1.29 is 19.4 Å². The first kappa shape index (κ1) is 13.6. The number of ether oxygens (including phenoxy) is 2. The molecule has 19 heavy (non-hydrogen) atoms. The lowest BCUT2D eigenvalue weighted by Gasteiger charge is -2.09. The number of methoxy groups -OCH3 is 2. The zero-order chi connectivity index (χ0) is 14.0. The van der Waals surface area contributed by atoms with E-state index in [0.29, 0.717) is 22.3 Å². The predicted octanol–water partition coefficient (Wildman–Crippen LogP) is 1.91. The van der Waals surface area contributed by atoms with E-state index in [0.717, 1.165) is 5.56 Å². The summed E-state index contributed by atoms with van der Waals surface area (Å²) in [5.74, 6) is 1.23. The van der Waals surface area contributed by atoms with Crippen LogP contribution in [-0.4, -0.2) is 43.1 Å². The van der Waals surface area contributed by atoms with Crippen molar-refractivity contribution in [1.82, 2.24) is 4.90 Å². The molecule has 0 radical (unpaired) electrons. The smallest absolute Gasteiger partial charge is 0.260 e. The molecule has 1 aromatic rings. The Morgan fingerprint density at radius 3 is 2.32 bits per heavy atom. The highest BCUT2D eigenvalue weighted by atomic mass is 32.2. The minimum Gasteiger partial charge on any atom is -0.502 e. The number of likely N-dealkylation sites (N-methyl/N-ethyl adjacent to an activating group) is 1. The molecule has 2 rings (SSSR count). The Hall–Kier alpha value is -1.82. The fourth-order valence-corrected chi connectivity index (χ4v) is 2.68. The molecule has 0 bridgehead atoms. The summed E-state index contributed by atoms with van der Waals surface area (Å²) in [6.07, 6.45) is 1.76. The maximum absolute atomic E-state index is 11.8. The molecular weight excluding hydrogens is 266 g/mol. The van der Waals surface area contributed by atoms with Gasteiger partial charge in [0.05, 0.1) is 25.0 Å². The summed E-state index contributed by atoms with van der Waals surface area (Å²) >= 11 is 1.48. The number of thioether (sulfide) groups is 1. The van der Waals surface area contributed by atoms with Gasteiger partial charge in [0.1, 0.15) is 0 Å². The average molecular weight is 281 g/mol. The van der Waals surface area contributed by atoms with E-state index in [2.05, 4.69) is 0 Å². The number of carbonyl (C=O) groups excluding carboxylic acids is 1. The lowest BCUT2D eigenvalue weighted by molar-refractivity contribution is -0.123. The number of carbonyl (C=O) groups is 1. The molecule has 1 aliphatic rings. The Morgan fingerprint density at radius 1 is 1.32 bits per heavy atom. The van der Waals surface area contributed by atoms with Crippen molar-refractivity contribution in [3.8, 4) is 17.2 Å². The summed E-state index contributed by atoms with van der Waals surface area (Å²) in [6.45, 7) is 0. The minimum absolute atomic E-state index is 0.00370. The van der Waals surface area contributed by atoms with Gasteiger partial charge in [0.2, 0.25) is 5.75 Å². The minimum atomic E-state index is -0.0466. The number of hydrogen-bond donors (Lipinski definition) is 1. The van der Waals surface area contributed by atoms with Crippen LogP contribution in [0.2, 0.25) is 0 Å². The van der Waals surface area contributed by atoms with Gasteiger partial charge in [-0.25, -0.2) is 0 Å². The maximum Gasteiger partial charge on any atom is 0.260 e. The van der Waals surface area contributed by atoms with Gasteiger partial charge >= 0.3 is 0 Å². The second kappa shape index (κ2) is 5.44. The van der Waals surface area contributed by atoms with Crippen molar-refractivity contribution in [1.29, 1.82) is 0 Å². The lowest BCUT2D eigenvalue weighted by atomic mass is 10.1. The third-order valence-electron chi connectivity index (χ3n) is 2.77. The Labute approximate surface area is 115 Å². The van der Waals surface area contributed by atoms with Gasteiger partial charge in [0, 0.05) is 7.05 Å². The van der Waals surface area contributed by atoms with Gasteiger partial charge in [0.25, 0.3) is 5.91 Å². The normalized spacial score (nSPS) is 17.1. The standard InChI is InChI=1S/C13H15NO4S/c1-14-7-19-11(13(14)16)6-8-4-9(17-2)12(15)10(5-8)18-3/h4-6,15H,7H2,1-3H3/b11-6-. The monoisotopic (exact) mass is 281 g/mol. The van der Waals surface area contributed by atoms with Crippen LogP contribution >= 0.6 is 11.8 Å². The molecule has 102 valence electrons. The molecule has 0 aromatic heterocycles. The third kappa shape index (κ3) is 2.63. The van der Waals surface area contributed by atoms with Gasteiger partial charge in [-0.1, -0.05) is 11.8 Å². The second-order valence-electron chi connectivity index (χ2n) is 4.06. The number of nitrogens with zero attached hydrogens (tertiary/aromatic N) is 1. The molecule has 0 saturated carbocycles. The van der Waals surface area contributed by atoms with E-state index in [1.807, 2.05) is 0 Å². The Morgan fingerprint density at radius 2 is 1.89 bits per heavy atom. The molecule has 1 N–H and O–H groups in total. The molecule has 5 nitrogen and oxygen atoms in total. The number of rotatable bonds is 3. The maximum atomic E-state index is 11.8. The zero-order valence-corrected chi connectivity index (χ0v) is 11.8. The summed E-state index contributed by atoms with van der Waals surface area (Å²) in [4.78, 5) is 14.1. The number of phenols is 1. The number of hydrogen-bond acceptors (Lipinski definition) is 5. The summed E-state index contributed by atoms with van der Waals surface area (Å²) in [5.41, 5.74) is 0.748. The summed E-state index contributed by atoms with van der Waals surface area (Å²) in [7, 11) is 4.69. The fraction of sp³-hybridized carbons (Fsp3) is 0.308. The van der Waals surface area contributed by atoms with Crippen molar-refractivity contribution >= 4 is 23.7 Å². The van der Waals surface area contributed by atoms with Crippen molar-refractivity contribution in [2.24, 2.45) is 0 Å². The van der Waals surface area contributed by atoms with Crippen molar-refractivity contribution in [2.45, 2.75) is 0 Å². The fourth-order valence-electron chi connectivity index (χ4n) is 1.73. The highest BCUT2D eigenvalue weighted by molar-refractivity contribution is 8.04. The first-order chi connectivity index (χ1) is 9.06. The van der Waals surface area contributed by atoms with E-state index in [1.165, 1.54) is 26.0 Å². The van der Waals surface area contributed by atoms with E-state index >= 15 is 0 Å². The van der Waals surface area contributed by atoms with Crippen LogP contribution < -0.4 is 9.47 Å². The largest absolute Gasteiger partial charge is 0.502 e. The molecule has 0 aliphatic carbocycles. The van der Waals surface area contributed by atoms with Crippen LogP contribution in [0.5, 0.6) is 17.2 Å². The summed E-state index contributed by atoms with van der Waals surface area (Å²) < 4.78 is 10.2. The molecule has 0 atom stereocenters. The molecule has 1 aliphatic heterocycles. The zero-order valence-electron chi connectivity index (χ0n) is 11.0. The first-order valence-corrected chi connectivity index (χ1v) is 6.60. The van der Waals surface area contributed by atoms with Crippen LogP contribution in [0.4, 0.5) is 0 Å². The van der Waals surface area contributed by atoms with Crippen LogP contribution in [0.15, 0.2) is 17.0 Å². The third-order valence-corrected chi connectivity index (χ3v) is 3.89. The van der Waals surface area contributed by atoms with E-state index in [1.54, 1.807) is 30.2 Å². The SMILES string of the molecule is COc1cc(/C=C2\SCN(C)C2=O)cc(OC)c1O. The Bertz CT molecular complexity index is 516. The molecule has 0 unspecified atom stereocenters. The molecular formula is C13H15NO4S. The topological polar surface area (TPSA) is 59.0 Å². The quantitative estimate of drug-likeness (QED) is 0.858. The van der Waals surface area contributed by atoms with Gasteiger partial charge < -0.3 is 19.5 Å². The molecule has 6 heteroatoms. The van der Waals surface area contributed by atoms with E-state index in [-0.39, 0.29) is 11.7 Å². The van der Waals surface area contributed by atoms with Crippen LogP contribution in [0.25, 0.3) is 6.08 Å². The average Bonchev–Trinajstić information content (AvgIpc) is 2.72. The number of amides is 1. The predicted molar refractivity (Wildman–Crippen MR) is 74.4 cm³/mol. The van der Waals surface area contributed by atoms with Gasteiger partial charge in [-0.2, -0.15) is 0 Å². The molecule has 1 heterocycles. The number of phenolic OH excluding ortho intramolecular Hbond substituents is 1. The van der Waals surface area contributed by atoms with Crippen LogP contribution in [0.3, 0.4) is 0 Å². The van der Waals surface area contributed by atoms with E-state index < -0.39 is 0 Å². The van der Waals surface area contributed by atoms with Gasteiger partial charge in [0.15, 0.2) is 11.5 Å². The number of benzene rings is 1. The molecule has 1 aromatic carbocycles. The van der Waals surface area contributed by atoms with Crippen LogP contribution in [0.1, 0.15) is 5.56 Å². The van der Waals surface area contributed by atoms with E-state index in [4.69, 9.17) is 9.47 Å². The van der Waals surface area contributed by atoms with Crippen molar-refractivity contribution in [3.05, 3.63) is 22.6 Å². The summed E-state index contributed by atoms with van der Waals surface area (Å²) in [6, 6.07) is 3.33. The van der Waals surface area contributed by atoms with Gasteiger partial charge in [-0.15, -0.1) is 0 Å². The Balaban J connectivity index is 2.41. The second-order valence-corrected chi connectivity index (χ2v) is 5.05. The van der Waals surface area contributed by atoms with Crippen LogP contribution in [0, 0.1) is 0 Å². The lowest BCUT2D eigenvalue weighted by Crippen LogP contribution is -2.18. The first-order valence-electron chi connectivity index (χ1n) is 5.61.